The number of benzene rings is 1. The Kier molecular flexibility index (Phi) is 6.97. The fourth-order valence-electron chi connectivity index (χ4n) is 3.37. The number of pyridine rings is 1. The van der Waals surface area contributed by atoms with E-state index in [2.05, 4.69) is 9.88 Å². The zero-order chi connectivity index (χ0) is 20.9. The molecule has 1 aliphatic heterocycles. The SMILES string of the molecule is Cc1cccc(OC[C@H](O)CN2CCCN(c3ccc(C(F)(F)F)cn3)CC2)c1. The zero-order valence-corrected chi connectivity index (χ0v) is 16.4. The number of β-amino-alcohol motifs (C(OH)–C–C–N with tert-alkyl or cyclic N) is 1. The number of nitrogens with zero attached hydrogens (tertiary/aromatic N) is 3. The van der Waals surface area contributed by atoms with Crippen LogP contribution in [0.2, 0.25) is 0 Å². The summed E-state index contributed by atoms with van der Waals surface area (Å²) in [7, 11) is 0. The highest BCUT2D eigenvalue weighted by molar-refractivity contribution is 5.40. The van der Waals surface area contributed by atoms with Gasteiger partial charge in [0.05, 0.1) is 5.56 Å². The van der Waals surface area contributed by atoms with Gasteiger partial charge in [0.1, 0.15) is 24.3 Å². The van der Waals surface area contributed by atoms with Gasteiger partial charge in [-0.05, 0) is 49.7 Å². The summed E-state index contributed by atoms with van der Waals surface area (Å²) in [5, 5.41) is 10.3. The highest BCUT2D eigenvalue weighted by atomic mass is 19.4. The molecule has 5 nitrogen and oxygen atoms in total. The lowest BCUT2D eigenvalue weighted by Gasteiger charge is -2.24. The van der Waals surface area contributed by atoms with Gasteiger partial charge < -0.3 is 14.7 Å². The van der Waals surface area contributed by atoms with Gasteiger partial charge in [-0.2, -0.15) is 13.2 Å². The van der Waals surface area contributed by atoms with E-state index in [-0.39, 0.29) is 6.61 Å². The summed E-state index contributed by atoms with van der Waals surface area (Å²) in [5.41, 5.74) is 0.357. The maximum absolute atomic E-state index is 12.7. The maximum Gasteiger partial charge on any atom is 0.417 e. The number of halogens is 3. The van der Waals surface area contributed by atoms with E-state index in [0.717, 1.165) is 36.5 Å². The van der Waals surface area contributed by atoms with E-state index in [0.29, 0.717) is 32.0 Å². The summed E-state index contributed by atoms with van der Waals surface area (Å²) < 4.78 is 43.8. The second kappa shape index (κ2) is 9.45. The van der Waals surface area contributed by atoms with Crippen molar-refractivity contribution in [3.63, 3.8) is 0 Å². The molecule has 0 bridgehead atoms. The Labute approximate surface area is 168 Å². The van der Waals surface area contributed by atoms with E-state index in [1.54, 1.807) is 0 Å². The lowest BCUT2D eigenvalue weighted by Crippen LogP contribution is -2.38. The first-order valence-corrected chi connectivity index (χ1v) is 9.69. The predicted octanol–water partition coefficient (Wildman–Crippen LogP) is 3.36. The maximum atomic E-state index is 12.7. The number of aryl methyl sites for hydroxylation is 1. The lowest BCUT2D eigenvalue weighted by atomic mass is 10.2. The molecule has 0 spiro atoms. The molecule has 1 aromatic heterocycles. The first-order chi connectivity index (χ1) is 13.8. The van der Waals surface area contributed by atoms with Crippen molar-refractivity contribution in [2.75, 3.05) is 44.2 Å². The van der Waals surface area contributed by atoms with Crippen LogP contribution in [-0.4, -0.2) is 60.4 Å². The molecular formula is C21H26F3N3O2. The molecule has 0 unspecified atom stereocenters. The Morgan fingerprint density at radius 2 is 1.97 bits per heavy atom. The molecule has 1 aliphatic rings. The fourth-order valence-corrected chi connectivity index (χ4v) is 3.37. The van der Waals surface area contributed by atoms with Crippen LogP contribution >= 0.6 is 0 Å². The number of rotatable bonds is 6. The molecule has 0 radical (unpaired) electrons. The molecule has 29 heavy (non-hydrogen) atoms. The molecule has 0 aliphatic carbocycles. The number of hydrogen-bond donors (Lipinski definition) is 1. The predicted molar refractivity (Wildman–Crippen MR) is 105 cm³/mol. The smallest absolute Gasteiger partial charge is 0.417 e. The second-order valence-corrected chi connectivity index (χ2v) is 7.33. The Hall–Kier alpha value is -2.32. The van der Waals surface area contributed by atoms with E-state index >= 15 is 0 Å². The van der Waals surface area contributed by atoms with Crippen LogP contribution in [0.4, 0.5) is 19.0 Å². The van der Waals surface area contributed by atoms with Crippen molar-refractivity contribution in [1.82, 2.24) is 9.88 Å². The minimum absolute atomic E-state index is 0.212. The number of anilines is 1. The Balaban J connectivity index is 1.48. The average molecular weight is 409 g/mol. The van der Waals surface area contributed by atoms with E-state index in [9.17, 15) is 18.3 Å². The number of aromatic nitrogens is 1. The second-order valence-electron chi connectivity index (χ2n) is 7.33. The quantitative estimate of drug-likeness (QED) is 0.793. The van der Waals surface area contributed by atoms with Gasteiger partial charge in [0, 0.05) is 32.4 Å². The monoisotopic (exact) mass is 409 g/mol. The van der Waals surface area contributed by atoms with Crippen LogP contribution in [0.1, 0.15) is 17.5 Å². The van der Waals surface area contributed by atoms with Crippen molar-refractivity contribution in [3.05, 3.63) is 53.7 Å². The minimum Gasteiger partial charge on any atom is -0.491 e. The molecule has 3 rings (SSSR count). The summed E-state index contributed by atoms with van der Waals surface area (Å²) in [5.74, 6) is 1.28. The van der Waals surface area contributed by atoms with Crippen molar-refractivity contribution in [1.29, 1.82) is 0 Å². The van der Waals surface area contributed by atoms with Gasteiger partial charge in [-0.1, -0.05) is 12.1 Å². The third-order valence-corrected chi connectivity index (χ3v) is 4.89. The molecule has 8 heteroatoms. The molecular weight excluding hydrogens is 383 g/mol. The molecule has 1 N–H and O–H groups in total. The normalized spacial score (nSPS) is 17.1. The van der Waals surface area contributed by atoms with Crippen LogP contribution < -0.4 is 9.64 Å². The molecule has 1 aromatic carbocycles. The molecule has 1 fully saturated rings. The fraction of sp³-hybridized carbons (Fsp3) is 0.476. The van der Waals surface area contributed by atoms with Gasteiger partial charge in [-0.25, -0.2) is 4.98 Å². The highest BCUT2D eigenvalue weighted by Gasteiger charge is 2.31. The number of aliphatic hydroxyl groups is 1. The molecule has 1 saturated heterocycles. The first kappa shape index (κ1) is 21.4. The minimum atomic E-state index is -4.38. The lowest BCUT2D eigenvalue weighted by molar-refractivity contribution is -0.137. The Morgan fingerprint density at radius 3 is 2.66 bits per heavy atom. The van der Waals surface area contributed by atoms with Gasteiger partial charge in [0.25, 0.3) is 0 Å². The van der Waals surface area contributed by atoms with Gasteiger partial charge in [-0.3, -0.25) is 4.90 Å². The van der Waals surface area contributed by atoms with Crippen LogP contribution in [0.15, 0.2) is 42.6 Å². The van der Waals surface area contributed by atoms with Crippen LogP contribution in [0, 0.1) is 6.92 Å². The summed E-state index contributed by atoms with van der Waals surface area (Å²) in [4.78, 5) is 8.11. The molecule has 0 saturated carbocycles. The molecule has 2 aromatic rings. The zero-order valence-electron chi connectivity index (χ0n) is 16.4. The first-order valence-electron chi connectivity index (χ1n) is 9.69. The number of alkyl halides is 3. The standard InChI is InChI=1S/C21H26F3N3O2/c1-16-4-2-5-19(12-16)29-15-18(28)14-26-8-3-9-27(11-10-26)20-7-6-17(13-25-20)21(22,23)24/h2,4-7,12-13,18,28H,3,8-11,14-15H2,1H3/t18-/m1/s1. The molecule has 158 valence electrons. The van der Waals surface area contributed by atoms with Crippen molar-refractivity contribution < 1.29 is 23.0 Å². The van der Waals surface area contributed by atoms with Crippen LogP contribution in [0.5, 0.6) is 5.75 Å². The summed E-state index contributed by atoms with van der Waals surface area (Å²) in [6.07, 6.45) is -3.28. The van der Waals surface area contributed by atoms with Crippen molar-refractivity contribution >= 4 is 5.82 Å². The van der Waals surface area contributed by atoms with Gasteiger partial charge in [0.2, 0.25) is 0 Å². The molecule has 2 heterocycles. The van der Waals surface area contributed by atoms with E-state index in [1.807, 2.05) is 36.1 Å². The van der Waals surface area contributed by atoms with Crippen LogP contribution in [0.3, 0.4) is 0 Å². The van der Waals surface area contributed by atoms with Gasteiger partial charge in [-0.15, -0.1) is 0 Å². The number of aliphatic hydroxyl groups excluding tert-OH is 1. The number of ether oxygens (including phenoxy) is 1. The Bertz CT molecular complexity index is 783. The van der Waals surface area contributed by atoms with Crippen molar-refractivity contribution in [3.8, 4) is 5.75 Å². The third-order valence-electron chi connectivity index (χ3n) is 4.89. The Morgan fingerprint density at radius 1 is 1.14 bits per heavy atom. The van der Waals surface area contributed by atoms with Crippen LogP contribution in [0.25, 0.3) is 0 Å². The highest BCUT2D eigenvalue weighted by Crippen LogP contribution is 2.29. The van der Waals surface area contributed by atoms with E-state index < -0.39 is 17.8 Å². The van der Waals surface area contributed by atoms with Crippen LogP contribution in [-0.2, 0) is 6.18 Å². The van der Waals surface area contributed by atoms with Crippen molar-refractivity contribution in [2.45, 2.75) is 25.6 Å². The summed E-state index contributed by atoms with van der Waals surface area (Å²) in [6, 6.07) is 10.2. The van der Waals surface area contributed by atoms with Gasteiger partial charge >= 0.3 is 6.18 Å². The summed E-state index contributed by atoms with van der Waals surface area (Å²) >= 11 is 0. The molecule has 0 amide bonds. The average Bonchev–Trinajstić information content (AvgIpc) is 2.91. The molecule has 1 atom stereocenters. The van der Waals surface area contributed by atoms with Crippen molar-refractivity contribution in [2.24, 2.45) is 0 Å². The topological polar surface area (TPSA) is 48.8 Å². The number of hydrogen-bond acceptors (Lipinski definition) is 5. The van der Waals surface area contributed by atoms with E-state index in [4.69, 9.17) is 4.74 Å². The van der Waals surface area contributed by atoms with E-state index in [1.165, 1.54) is 6.07 Å². The third kappa shape index (κ3) is 6.33. The van der Waals surface area contributed by atoms with Gasteiger partial charge in [0.15, 0.2) is 0 Å². The largest absolute Gasteiger partial charge is 0.491 e. The summed E-state index contributed by atoms with van der Waals surface area (Å²) in [6.45, 7) is 5.54.